The van der Waals surface area contributed by atoms with Crippen LogP contribution in [0.4, 0.5) is 0 Å². The lowest BCUT2D eigenvalue weighted by atomic mass is 10.3. The summed E-state index contributed by atoms with van der Waals surface area (Å²) in [5, 5.41) is 0.972. The third kappa shape index (κ3) is 2.66. The average molecular weight is 313 g/mol. The van der Waals surface area contributed by atoms with Gasteiger partial charge in [-0.2, -0.15) is 0 Å². The van der Waals surface area contributed by atoms with Gasteiger partial charge in [-0.05, 0) is 42.8 Å². The molecule has 17 heavy (non-hydrogen) atoms. The molecule has 2 rings (SSSR count). The molecular formula is C12H13BrN2OS. The monoisotopic (exact) mass is 312 g/mol. The van der Waals surface area contributed by atoms with Gasteiger partial charge in [-0.3, -0.25) is 4.79 Å². The zero-order chi connectivity index (χ0) is 12.6. The largest absolute Gasteiger partial charge is 0.307 e. The molecule has 0 unspecified atom stereocenters. The second-order valence-corrected chi connectivity index (χ2v) is 6.23. The van der Waals surface area contributed by atoms with Crippen molar-refractivity contribution >= 4 is 27.3 Å². The zero-order valence-electron chi connectivity index (χ0n) is 9.95. The van der Waals surface area contributed by atoms with Crippen LogP contribution in [0, 0.1) is 20.8 Å². The van der Waals surface area contributed by atoms with Crippen molar-refractivity contribution in [1.82, 2.24) is 9.55 Å². The molecule has 90 valence electrons. The summed E-state index contributed by atoms with van der Waals surface area (Å²) in [4.78, 5) is 17.6. The molecule has 0 saturated heterocycles. The molecule has 2 aromatic heterocycles. The summed E-state index contributed by atoms with van der Waals surface area (Å²) in [6, 6.07) is 1.83. The molecule has 2 aromatic rings. The molecule has 0 N–H and O–H groups in total. The van der Waals surface area contributed by atoms with Crippen molar-refractivity contribution in [2.45, 2.75) is 27.3 Å². The van der Waals surface area contributed by atoms with Gasteiger partial charge < -0.3 is 4.57 Å². The van der Waals surface area contributed by atoms with E-state index < -0.39 is 0 Å². The van der Waals surface area contributed by atoms with Crippen LogP contribution in [-0.4, -0.2) is 9.55 Å². The summed E-state index contributed by atoms with van der Waals surface area (Å²) in [5.41, 5.74) is 1.83. The Morgan fingerprint density at radius 1 is 1.41 bits per heavy atom. The lowest BCUT2D eigenvalue weighted by Crippen LogP contribution is -2.22. The molecule has 0 aliphatic carbocycles. The Bertz CT molecular complexity index is 596. The minimum Gasteiger partial charge on any atom is -0.307 e. The van der Waals surface area contributed by atoms with Gasteiger partial charge in [-0.15, -0.1) is 11.3 Å². The van der Waals surface area contributed by atoms with Gasteiger partial charge in [0, 0.05) is 21.1 Å². The van der Waals surface area contributed by atoms with Crippen molar-refractivity contribution in [3.8, 4) is 0 Å². The fraction of sp³-hybridized carbons (Fsp3) is 0.333. The number of nitrogens with zero attached hydrogens (tertiary/aromatic N) is 2. The van der Waals surface area contributed by atoms with Crippen LogP contribution in [0.2, 0.25) is 0 Å². The van der Waals surface area contributed by atoms with Crippen LogP contribution in [0.3, 0.4) is 0 Å². The number of halogens is 1. The van der Waals surface area contributed by atoms with Gasteiger partial charge in [0.1, 0.15) is 5.01 Å². The van der Waals surface area contributed by atoms with Crippen molar-refractivity contribution < 1.29 is 0 Å². The SMILES string of the molecule is Cc1nc(Cn2cc(Br)cc(C)c2=O)sc1C. The highest BCUT2D eigenvalue weighted by Crippen LogP contribution is 2.17. The summed E-state index contributed by atoms with van der Waals surface area (Å²) >= 11 is 5.05. The smallest absolute Gasteiger partial charge is 0.253 e. The number of thiazole rings is 1. The van der Waals surface area contributed by atoms with Crippen molar-refractivity contribution in [2.75, 3.05) is 0 Å². The van der Waals surface area contributed by atoms with Crippen molar-refractivity contribution in [1.29, 1.82) is 0 Å². The van der Waals surface area contributed by atoms with Crippen molar-refractivity contribution in [2.24, 2.45) is 0 Å². The minimum absolute atomic E-state index is 0.0405. The van der Waals surface area contributed by atoms with Crippen LogP contribution in [0.25, 0.3) is 0 Å². The first-order valence-corrected chi connectivity index (χ1v) is 6.88. The maximum atomic E-state index is 11.9. The standard InChI is InChI=1S/C12H13BrN2OS/c1-7-4-10(13)5-15(12(7)16)6-11-14-8(2)9(3)17-11/h4-5H,6H2,1-3H3. The van der Waals surface area contributed by atoms with Crippen LogP contribution < -0.4 is 5.56 Å². The Balaban J connectivity index is 2.39. The Morgan fingerprint density at radius 3 is 2.71 bits per heavy atom. The molecule has 0 bridgehead atoms. The first-order valence-electron chi connectivity index (χ1n) is 5.27. The fourth-order valence-corrected chi connectivity index (χ4v) is 3.13. The predicted molar refractivity (Wildman–Crippen MR) is 73.8 cm³/mol. The van der Waals surface area contributed by atoms with Gasteiger partial charge in [0.15, 0.2) is 0 Å². The first kappa shape index (κ1) is 12.5. The van der Waals surface area contributed by atoms with E-state index in [-0.39, 0.29) is 5.56 Å². The molecule has 0 fully saturated rings. The van der Waals surface area contributed by atoms with Crippen LogP contribution in [-0.2, 0) is 6.54 Å². The summed E-state index contributed by atoms with van der Waals surface area (Å²) in [6.45, 7) is 6.40. The van der Waals surface area contributed by atoms with Crippen molar-refractivity contribution in [3.63, 3.8) is 0 Å². The Labute approximate surface area is 112 Å². The fourth-order valence-electron chi connectivity index (χ4n) is 1.61. The van der Waals surface area contributed by atoms with Gasteiger partial charge in [-0.25, -0.2) is 4.98 Å². The molecule has 0 spiro atoms. The van der Waals surface area contributed by atoms with E-state index in [9.17, 15) is 4.79 Å². The molecule has 0 aromatic carbocycles. The molecule has 0 saturated carbocycles. The first-order chi connectivity index (χ1) is 7.97. The summed E-state index contributed by atoms with van der Waals surface area (Å²) < 4.78 is 2.61. The van der Waals surface area contributed by atoms with E-state index in [0.29, 0.717) is 6.54 Å². The molecule has 2 heterocycles. The number of pyridine rings is 1. The molecule has 5 heteroatoms. The third-order valence-electron chi connectivity index (χ3n) is 2.61. The van der Waals surface area contributed by atoms with E-state index in [1.54, 1.807) is 22.1 Å². The maximum Gasteiger partial charge on any atom is 0.253 e. The topological polar surface area (TPSA) is 34.9 Å². The van der Waals surface area contributed by atoms with Gasteiger partial charge in [0.25, 0.3) is 5.56 Å². The highest BCUT2D eigenvalue weighted by Gasteiger charge is 2.07. The summed E-state index contributed by atoms with van der Waals surface area (Å²) in [7, 11) is 0. The lowest BCUT2D eigenvalue weighted by Gasteiger charge is -2.05. The molecule has 3 nitrogen and oxygen atoms in total. The zero-order valence-corrected chi connectivity index (χ0v) is 12.4. The van der Waals surface area contributed by atoms with E-state index in [0.717, 1.165) is 20.7 Å². The normalized spacial score (nSPS) is 10.8. The van der Waals surface area contributed by atoms with Gasteiger partial charge in [-0.1, -0.05) is 0 Å². The second-order valence-electron chi connectivity index (χ2n) is 4.02. The van der Waals surface area contributed by atoms with E-state index in [1.165, 1.54) is 4.88 Å². The minimum atomic E-state index is 0.0405. The number of hydrogen-bond acceptors (Lipinski definition) is 3. The Morgan fingerprint density at radius 2 is 2.12 bits per heavy atom. The van der Waals surface area contributed by atoms with E-state index in [4.69, 9.17) is 0 Å². The van der Waals surface area contributed by atoms with Gasteiger partial charge in [0.2, 0.25) is 0 Å². The molecule has 0 radical (unpaired) electrons. The molecule has 0 amide bonds. The van der Waals surface area contributed by atoms with E-state index in [1.807, 2.05) is 26.8 Å². The van der Waals surface area contributed by atoms with E-state index in [2.05, 4.69) is 20.9 Å². The van der Waals surface area contributed by atoms with Gasteiger partial charge in [0.05, 0.1) is 12.2 Å². The number of hydrogen-bond donors (Lipinski definition) is 0. The number of rotatable bonds is 2. The van der Waals surface area contributed by atoms with Crippen molar-refractivity contribution in [3.05, 3.63) is 48.2 Å². The maximum absolute atomic E-state index is 11.9. The highest BCUT2D eigenvalue weighted by molar-refractivity contribution is 9.10. The quantitative estimate of drug-likeness (QED) is 0.854. The Hall–Kier alpha value is -0.940. The van der Waals surface area contributed by atoms with Crippen LogP contribution in [0.1, 0.15) is 21.1 Å². The van der Waals surface area contributed by atoms with Crippen LogP contribution >= 0.6 is 27.3 Å². The predicted octanol–water partition coefficient (Wildman–Crippen LogP) is 3.04. The third-order valence-corrected chi connectivity index (χ3v) is 4.10. The summed E-state index contributed by atoms with van der Waals surface area (Å²) in [6.07, 6.45) is 1.81. The van der Waals surface area contributed by atoms with Gasteiger partial charge >= 0.3 is 0 Å². The van der Waals surface area contributed by atoms with E-state index >= 15 is 0 Å². The number of aromatic nitrogens is 2. The summed E-state index contributed by atoms with van der Waals surface area (Å²) in [5.74, 6) is 0. The second kappa shape index (κ2) is 4.74. The molecule has 0 aliphatic heterocycles. The average Bonchev–Trinajstić information content (AvgIpc) is 2.54. The lowest BCUT2D eigenvalue weighted by molar-refractivity contribution is 0.742. The molecule has 0 atom stereocenters. The highest BCUT2D eigenvalue weighted by atomic mass is 79.9. The van der Waals surface area contributed by atoms with Crippen LogP contribution in [0.5, 0.6) is 0 Å². The molecule has 0 aliphatic rings. The van der Waals surface area contributed by atoms with Crippen LogP contribution in [0.15, 0.2) is 21.5 Å². The molecular weight excluding hydrogens is 300 g/mol. The number of aryl methyl sites for hydroxylation is 3. The Kier molecular flexibility index (Phi) is 3.49.